The lowest BCUT2D eigenvalue weighted by Crippen LogP contribution is -2.10. The first-order valence-corrected chi connectivity index (χ1v) is 6.10. The van der Waals surface area contributed by atoms with Crippen LogP contribution < -0.4 is 10.5 Å². The molecule has 0 atom stereocenters. The number of carbonyl (C=O) groups excluding carboxylic acids is 1. The van der Waals surface area contributed by atoms with E-state index in [2.05, 4.69) is 5.16 Å². The summed E-state index contributed by atoms with van der Waals surface area (Å²) in [4.78, 5) is 11.0. The summed E-state index contributed by atoms with van der Waals surface area (Å²) in [5.41, 5.74) is 7.09. The number of nitrogens with zero attached hydrogens (tertiary/aromatic N) is 1. The van der Waals surface area contributed by atoms with Gasteiger partial charge in [-0.1, -0.05) is 17.3 Å². The molecule has 3 aromatic rings. The molecule has 1 heterocycles. The van der Waals surface area contributed by atoms with E-state index in [9.17, 15) is 4.79 Å². The molecule has 2 N–H and O–H groups in total. The molecule has 0 aliphatic rings. The summed E-state index contributed by atoms with van der Waals surface area (Å²) >= 11 is 0. The second-order valence-electron chi connectivity index (χ2n) is 4.30. The molecule has 1 aromatic heterocycles. The average Bonchev–Trinajstić information content (AvgIpc) is 2.89. The van der Waals surface area contributed by atoms with Crippen LogP contribution in [0, 0.1) is 0 Å². The Morgan fingerprint density at radius 3 is 2.65 bits per heavy atom. The number of amides is 1. The number of benzene rings is 2. The van der Waals surface area contributed by atoms with Gasteiger partial charge in [-0.3, -0.25) is 4.79 Å². The Morgan fingerprint density at radius 2 is 1.90 bits per heavy atom. The normalized spacial score (nSPS) is 10.6. The smallest absolute Gasteiger partial charge is 0.248 e. The summed E-state index contributed by atoms with van der Waals surface area (Å²) in [7, 11) is 0. The number of primary amides is 1. The van der Waals surface area contributed by atoms with E-state index >= 15 is 0 Å². The Balaban J connectivity index is 1.74. The monoisotopic (exact) mass is 268 g/mol. The zero-order valence-corrected chi connectivity index (χ0v) is 10.6. The van der Waals surface area contributed by atoms with E-state index in [1.807, 2.05) is 24.3 Å². The van der Waals surface area contributed by atoms with Crippen molar-refractivity contribution in [2.75, 3.05) is 0 Å². The Kier molecular flexibility index (Phi) is 3.09. The molecule has 2 aromatic carbocycles. The molecule has 0 saturated heterocycles. The predicted octanol–water partition coefficient (Wildman–Crippen LogP) is 2.51. The van der Waals surface area contributed by atoms with Gasteiger partial charge in [-0.25, -0.2) is 0 Å². The number of nitrogens with two attached hydrogens (primary N) is 1. The van der Waals surface area contributed by atoms with Gasteiger partial charge in [0.15, 0.2) is 5.58 Å². The highest BCUT2D eigenvalue weighted by Gasteiger charge is 2.08. The highest BCUT2D eigenvalue weighted by molar-refractivity contribution is 5.92. The lowest BCUT2D eigenvalue weighted by atomic mass is 10.2. The lowest BCUT2D eigenvalue weighted by Gasteiger charge is -2.04. The molecule has 0 unspecified atom stereocenters. The van der Waals surface area contributed by atoms with Crippen molar-refractivity contribution < 1.29 is 14.1 Å². The minimum absolute atomic E-state index is 0.299. The molecule has 20 heavy (non-hydrogen) atoms. The quantitative estimate of drug-likeness (QED) is 0.788. The second-order valence-corrected chi connectivity index (χ2v) is 4.30. The molecular formula is C15H12N2O3. The number of hydrogen-bond donors (Lipinski definition) is 1. The molecule has 0 spiro atoms. The van der Waals surface area contributed by atoms with Crippen LogP contribution in [0.15, 0.2) is 53.1 Å². The topological polar surface area (TPSA) is 78.4 Å². The van der Waals surface area contributed by atoms with Crippen LogP contribution in [0.5, 0.6) is 5.75 Å². The fraction of sp³-hybridized carbons (Fsp3) is 0.0667. The van der Waals surface area contributed by atoms with Gasteiger partial charge >= 0.3 is 0 Å². The van der Waals surface area contributed by atoms with Crippen molar-refractivity contribution in [3.8, 4) is 5.75 Å². The number of para-hydroxylation sites is 1. The van der Waals surface area contributed by atoms with Crippen LogP contribution in [0.2, 0.25) is 0 Å². The van der Waals surface area contributed by atoms with Crippen molar-refractivity contribution in [2.45, 2.75) is 6.61 Å². The first kappa shape index (κ1) is 12.2. The fourth-order valence-corrected chi connectivity index (χ4v) is 1.91. The van der Waals surface area contributed by atoms with Crippen molar-refractivity contribution in [1.82, 2.24) is 5.16 Å². The third-order valence-corrected chi connectivity index (χ3v) is 2.97. The first-order chi connectivity index (χ1) is 9.74. The van der Waals surface area contributed by atoms with Crippen LogP contribution >= 0.6 is 0 Å². The van der Waals surface area contributed by atoms with E-state index < -0.39 is 5.91 Å². The fourth-order valence-electron chi connectivity index (χ4n) is 1.91. The van der Waals surface area contributed by atoms with Crippen LogP contribution in [0.4, 0.5) is 0 Å². The van der Waals surface area contributed by atoms with Crippen LogP contribution in [0.3, 0.4) is 0 Å². The zero-order chi connectivity index (χ0) is 13.9. The SMILES string of the molecule is NC(=O)c1ccc(OCc2noc3ccccc23)cc1. The molecule has 0 saturated carbocycles. The van der Waals surface area contributed by atoms with Gasteiger partial charge in [0.05, 0.1) is 0 Å². The largest absolute Gasteiger partial charge is 0.487 e. The van der Waals surface area contributed by atoms with Crippen LogP contribution in [0.25, 0.3) is 11.0 Å². The van der Waals surface area contributed by atoms with Crippen molar-refractivity contribution in [3.05, 3.63) is 59.8 Å². The summed E-state index contributed by atoms with van der Waals surface area (Å²) < 4.78 is 10.8. The van der Waals surface area contributed by atoms with Crippen LogP contribution in [-0.2, 0) is 6.61 Å². The van der Waals surface area contributed by atoms with Crippen molar-refractivity contribution >= 4 is 16.9 Å². The van der Waals surface area contributed by atoms with Crippen molar-refractivity contribution in [2.24, 2.45) is 5.73 Å². The number of aromatic nitrogens is 1. The minimum Gasteiger partial charge on any atom is -0.487 e. The summed E-state index contributed by atoms with van der Waals surface area (Å²) in [5, 5.41) is 4.91. The van der Waals surface area contributed by atoms with Gasteiger partial charge in [-0.2, -0.15) is 0 Å². The zero-order valence-electron chi connectivity index (χ0n) is 10.6. The Morgan fingerprint density at radius 1 is 1.15 bits per heavy atom. The van der Waals surface area contributed by atoms with E-state index in [0.717, 1.165) is 16.7 Å². The van der Waals surface area contributed by atoms with E-state index in [1.54, 1.807) is 24.3 Å². The van der Waals surface area contributed by atoms with E-state index in [-0.39, 0.29) is 0 Å². The number of rotatable bonds is 4. The summed E-state index contributed by atoms with van der Waals surface area (Å²) in [5.74, 6) is 0.182. The molecule has 5 heteroatoms. The highest BCUT2D eigenvalue weighted by atomic mass is 16.5. The predicted molar refractivity (Wildman–Crippen MR) is 73.3 cm³/mol. The van der Waals surface area contributed by atoms with Gasteiger partial charge in [0.1, 0.15) is 18.1 Å². The third-order valence-electron chi connectivity index (χ3n) is 2.97. The molecule has 0 bridgehead atoms. The van der Waals surface area contributed by atoms with Crippen molar-refractivity contribution in [3.63, 3.8) is 0 Å². The van der Waals surface area contributed by atoms with Gasteiger partial charge in [0, 0.05) is 10.9 Å². The molecule has 0 aliphatic heterocycles. The Hall–Kier alpha value is -2.82. The standard InChI is InChI=1S/C15H12N2O3/c16-15(18)10-5-7-11(8-6-10)19-9-13-12-3-1-2-4-14(12)20-17-13/h1-8H,9H2,(H2,16,18). The maximum Gasteiger partial charge on any atom is 0.248 e. The lowest BCUT2D eigenvalue weighted by molar-refractivity contribution is 0.100. The third kappa shape index (κ3) is 2.33. The van der Waals surface area contributed by atoms with Gasteiger partial charge in [0.25, 0.3) is 0 Å². The maximum absolute atomic E-state index is 11.0. The minimum atomic E-state index is -0.459. The van der Waals surface area contributed by atoms with E-state index in [4.69, 9.17) is 15.0 Å². The van der Waals surface area contributed by atoms with Gasteiger partial charge < -0.3 is 15.0 Å². The molecule has 1 amide bonds. The average molecular weight is 268 g/mol. The van der Waals surface area contributed by atoms with Crippen LogP contribution in [-0.4, -0.2) is 11.1 Å². The Labute approximate surface area is 114 Å². The van der Waals surface area contributed by atoms with E-state index in [0.29, 0.717) is 17.9 Å². The molecule has 100 valence electrons. The number of carbonyl (C=O) groups is 1. The highest BCUT2D eigenvalue weighted by Crippen LogP contribution is 2.20. The molecule has 5 nitrogen and oxygen atoms in total. The van der Waals surface area contributed by atoms with E-state index in [1.165, 1.54) is 0 Å². The number of hydrogen-bond acceptors (Lipinski definition) is 4. The summed E-state index contributed by atoms with van der Waals surface area (Å²) in [6.07, 6.45) is 0. The number of fused-ring (bicyclic) bond motifs is 1. The molecule has 0 fully saturated rings. The maximum atomic E-state index is 11.0. The molecule has 0 radical (unpaired) electrons. The van der Waals surface area contributed by atoms with Gasteiger partial charge in [0.2, 0.25) is 5.91 Å². The van der Waals surface area contributed by atoms with Gasteiger partial charge in [-0.05, 0) is 36.4 Å². The number of ether oxygens (including phenoxy) is 1. The second kappa shape index (κ2) is 5.05. The summed E-state index contributed by atoms with van der Waals surface area (Å²) in [6, 6.07) is 14.2. The molecular weight excluding hydrogens is 256 g/mol. The Bertz CT molecular complexity index is 747. The van der Waals surface area contributed by atoms with Crippen LogP contribution in [0.1, 0.15) is 16.1 Å². The molecule has 0 aliphatic carbocycles. The van der Waals surface area contributed by atoms with Crippen molar-refractivity contribution in [1.29, 1.82) is 0 Å². The summed E-state index contributed by atoms with van der Waals surface area (Å²) in [6.45, 7) is 0.299. The molecule has 3 rings (SSSR count). The van der Waals surface area contributed by atoms with Gasteiger partial charge in [-0.15, -0.1) is 0 Å². The first-order valence-electron chi connectivity index (χ1n) is 6.10.